The van der Waals surface area contributed by atoms with Crippen molar-refractivity contribution in [2.24, 2.45) is 0 Å². The zero-order valence-electron chi connectivity index (χ0n) is 8.94. The van der Waals surface area contributed by atoms with Crippen molar-refractivity contribution in [2.45, 2.75) is 6.18 Å². The maximum Gasteiger partial charge on any atom is 0.418 e. The van der Waals surface area contributed by atoms with Gasteiger partial charge in [-0.1, -0.05) is 0 Å². The molecule has 1 rings (SSSR count). The summed E-state index contributed by atoms with van der Waals surface area (Å²) in [5.74, 6) is -1.46. The van der Waals surface area contributed by atoms with E-state index in [4.69, 9.17) is 5.11 Å². The van der Waals surface area contributed by atoms with Crippen LogP contribution in [0, 0.1) is 10.1 Å². The summed E-state index contributed by atoms with van der Waals surface area (Å²) < 4.78 is 37.8. The van der Waals surface area contributed by atoms with Crippen molar-refractivity contribution in [1.82, 2.24) is 0 Å². The molecular formula is C10H5BrF3NO4. The number of carboxylic acid groups (broad SMARTS) is 1. The van der Waals surface area contributed by atoms with Gasteiger partial charge in [0.05, 0.1) is 10.5 Å². The fourth-order valence-corrected chi connectivity index (χ4v) is 2.00. The van der Waals surface area contributed by atoms with Crippen LogP contribution in [0.15, 0.2) is 22.7 Å². The van der Waals surface area contributed by atoms with Gasteiger partial charge in [0.15, 0.2) is 0 Å². The number of hydrogen-bond acceptors (Lipinski definition) is 3. The average Bonchev–Trinajstić information content (AvgIpc) is 2.23. The van der Waals surface area contributed by atoms with E-state index in [9.17, 15) is 28.1 Å². The van der Waals surface area contributed by atoms with Gasteiger partial charge in [-0.3, -0.25) is 10.1 Å². The van der Waals surface area contributed by atoms with Crippen LogP contribution in [0.3, 0.4) is 0 Å². The Kier molecular flexibility index (Phi) is 4.30. The summed E-state index contributed by atoms with van der Waals surface area (Å²) in [5, 5.41) is 19.0. The number of non-ortho nitro benzene ring substituents is 1. The Bertz CT molecular complexity index is 569. The number of halogens is 4. The van der Waals surface area contributed by atoms with Crippen LogP contribution in [0.5, 0.6) is 0 Å². The Morgan fingerprint density at radius 2 is 2.00 bits per heavy atom. The number of rotatable bonds is 3. The van der Waals surface area contributed by atoms with E-state index < -0.39 is 38.4 Å². The van der Waals surface area contributed by atoms with Gasteiger partial charge in [0.2, 0.25) is 0 Å². The first kappa shape index (κ1) is 15.2. The van der Waals surface area contributed by atoms with Crippen molar-refractivity contribution in [3.8, 4) is 0 Å². The molecule has 0 atom stereocenters. The largest absolute Gasteiger partial charge is 0.478 e. The fourth-order valence-electron chi connectivity index (χ4n) is 1.31. The molecule has 0 heterocycles. The maximum absolute atomic E-state index is 12.8. The minimum Gasteiger partial charge on any atom is -0.478 e. The fraction of sp³-hybridized carbons (Fsp3) is 0.100. The summed E-state index contributed by atoms with van der Waals surface area (Å²) in [4.78, 5) is 20.0. The third kappa shape index (κ3) is 3.78. The molecule has 0 saturated carbocycles. The lowest BCUT2D eigenvalue weighted by Gasteiger charge is -2.12. The first-order valence-electron chi connectivity index (χ1n) is 4.59. The molecule has 0 aliphatic carbocycles. The first-order chi connectivity index (χ1) is 8.62. The van der Waals surface area contributed by atoms with Crippen molar-refractivity contribution >= 4 is 33.7 Å². The molecule has 0 aliphatic heterocycles. The van der Waals surface area contributed by atoms with E-state index >= 15 is 0 Å². The van der Waals surface area contributed by atoms with E-state index in [1.807, 2.05) is 0 Å². The summed E-state index contributed by atoms with van der Waals surface area (Å²) in [5.41, 5.74) is -2.35. The summed E-state index contributed by atoms with van der Waals surface area (Å²) >= 11 is 2.60. The standard InChI is InChI=1S/C10H5BrF3NO4/c11-7-4-6(15(18)19)3-5(1-2-8(16)17)9(7)10(12,13)14/h1-4H,(H,16,17)/b2-1+. The molecule has 19 heavy (non-hydrogen) atoms. The highest BCUT2D eigenvalue weighted by Gasteiger charge is 2.36. The van der Waals surface area contributed by atoms with Crippen LogP contribution >= 0.6 is 15.9 Å². The van der Waals surface area contributed by atoms with E-state index in [-0.39, 0.29) is 0 Å². The lowest BCUT2D eigenvalue weighted by atomic mass is 10.1. The van der Waals surface area contributed by atoms with Crippen molar-refractivity contribution in [3.05, 3.63) is 43.9 Å². The van der Waals surface area contributed by atoms with Crippen LogP contribution < -0.4 is 0 Å². The summed E-state index contributed by atoms with van der Waals surface area (Å²) in [6.45, 7) is 0. The van der Waals surface area contributed by atoms with Gasteiger partial charge in [-0.2, -0.15) is 13.2 Å². The third-order valence-electron chi connectivity index (χ3n) is 2.01. The number of carbonyl (C=O) groups is 1. The van der Waals surface area contributed by atoms with E-state index in [1.165, 1.54) is 0 Å². The number of carboxylic acids is 1. The quantitative estimate of drug-likeness (QED) is 0.519. The molecule has 0 aliphatic rings. The van der Waals surface area contributed by atoms with Crippen LogP contribution in [0.2, 0.25) is 0 Å². The lowest BCUT2D eigenvalue weighted by Crippen LogP contribution is -2.09. The zero-order chi connectivity index (χ0) is 14.8. The number of nitro groups is 1. The molecule has 9 heteroatoms. The first-order valence-corrected chi connectivity index (χ1v) is 5.38. The van der Waals surface area contributed by atoms with Gasteiger partial charge < -0.3 is 5.11 Å². The van der Waals surface area contributed by atoms with Crippen molar-refractivity contribution in [3.63, 3.8) is 0 Å². The topological polar surface area (TPSA) is 80.4 Å². The second kappa shape index (κ2) is 5.39. The highest BCUT2D eigenvalue weighted by molar-refractivity contribution is 9.10. The van der Waals surface area contributed by atoms with Crippen LogP contribution in [-0.2, 0) is 11.0 Å². The van der Waals surface area contributed by atoms with E-state index in [0.29, 0.717) is 24.3 Å². The highest BCUT2D eigenvalue weighted by atomic mass is 79.9. The molecule has 0 saturated heterocycles. The molecular weight excluding hydrogens is 335 g/mol. The summed E-state index contributed by atoms with van der Waals surface area (Å²) in [6.07, 6.45) is -3.64. The minimum absolute atomic E-state index is 0.473. The Balaban J connectivity index is 3.53. The normalized spacial score (nSPS) is 11.8. The van der Waals surface area contributed by atoms with Crippen molar-refractivity contribution < 1.29 is 28.0 Å². The molecule has 1 aromatic rings. The van der Waals surface area contributed by atoms with Gasteiger partial charge in [-0.25, -0.2) is 4.79 Å². The molecule has 5 nitrogen and oxygen atoms in total. The molecule has 0 aromatic heterocycles. The number of alkyl halides is 3. The van der Waals surface area contributed by atoms with Gasteiger partial charge in [0.25, 0.3) is 5.69 Å². The molecule has 0 fully saturated rings. The van der Waals surface area contributed by atoms with Crippen LogP contribution in [0.25, 0.3) is 6.08 Å². The van der Waals surface area contributed by atoms with E-state index in [1.54, 1.807) is 0 Å². The van der Waals surface area contributed by atoms with Crippen LogP contribution in [0.4, 0.5) is 18.9 Å². The van der Waals surface area contributed by atoms with Gasteiger partial charge in [-0.05, 0) is 27.6 Å². The Labute approximate surface area is 112 Å². The molecule has 0 radical (unpaired) electrons. The Morgan fingerprint density at radius 1 is 1.42 bits per heavy atom. The molecule has 0 spiro atoms. The molecule has 102 valence electrons. The number of nitro benzene ring substituents is 1. The SMILES string of the molecule is O=C(O)/C=C/c1cc([N+](=O)[O-])cc(Br)c1C(F)(F)F. The Hall–Kier alpha value is -1.90. The summed E-state index contributed by atoms with van der Waals surface area (Å²) in [7, 11) is 0. The van der Waals surface area contributed by atoms with E-state index in [2.05, 4.69) is 15.9 Å². The lowest BCUT2D eigenvalue weighted by molar-refractivity contribution is -0.385. The minimum atomic E-state index is -4.77. The second-order valence-electron chi connectivity index (χ2n) is 3.32. The van der Waals surface area contributed by atoms with Gasteiger partial charge in [0, 0.05) is 22.7 Å². The van der Waals surface area contributed by atoms with Crippen molar-refractivity contribution in [1.29, 1.82) is 0 Å². The smallest absolute Gasteiger partial charge is 0.418 e. The van der Waals surface area contributed by atoms with E-state index in [0.717, 1.165) is 0 Å². The average molecular weight is 340 g/mol. The van der Waals surface area contributed by atoms with Gasteiger partial charge >= 0.3 is 12.1 Å². The predicted octanol–water partition coefficient (Wildman–Crippen LogP) is 3.47. The van der Waals surface area contributed by atoms with Crippen LogP contribution in [-0.4, -0.2) is 16.0 Å². The number of hydrogen-bond donors (Lipinski definition) is 1. The van der Waals surface area contributed by atoms with Crippen LogP contribution in [0.1, 0.15) is 11.1 Å². The molecule has 0 amide bonds. The number of aliphatic carboxylic acids is 1. The molecule has 1 N–H and O–H groups in total. The predicted molar refractivity (Wildman–Crippen MR) is 62.5 cm³/mol. The molecule has 0 unspecified atom stereocenters. The molecule has 1 aromatic carbocycles. The third-order valence-corrected chi connectivity index (χ3v) is 2.63. The number of benzene rings is 1. The Morgan fingerprint density at radius 3 is 2.42 bits per heavy atom. The molecule has 0 bridgehead atoms. The van der Waals surface area contributed by atoms with Crippen molar-refractivity contribution in [2.75, 3.05) is 0 Å². The monoisotopic (exact) mass is 339 g/mol. The van der Waals surface area contributed by atoms with Gasteiger partial charge in [0.1, 0.15) is 0 Å². The zero-order valence-corrected chi connectivity index (χ0v) is 10.5. The maximum atomic E-state index is 12.8. The second-order valence-corrected chi connectivity index (χ2v) is 4.17. The summed E-state index contributed by atoms with van der Waals surface area (Å²) in [6, 6.07) is 1.37. The highest BCUT2D eigenvalue weighted by Crippen LogP contribution is 2.40. The number of nitrogens with zero attached hydrogens (tertiary/aromatic N) is 1. The van der Waals surface area contributed by atoms with Gasteiger partial charge in [-0.15, -0.1) is 0 Å².